The van der Waals surface area contributed by atoms with E-state index in [1.54, 1.807) is 12.3 Å². The van der Waals surface area contributed by atoms with Crippen LogP contribution in [0.25, 0.3) is 22.2 Å². The standard InChI is InChI=1S/C32H43FN4O5Si/c1-20-28(31(38)35-23-8-10-24(11-9-23)36-32(39)40)29-30(37(20)19-41-15-16-43(2,3)4)25(13-14-34-29)26-17-22(33)7-12-27(26)42-18-21-5-6-21/h7,12-14,17,21,23-24,36H,5-6,8-11,15-16,18-19H2,1-4H3,(H,35,38)(H,39,40). The van der Waals surface area contributed by atoms with Crippen molar-refractivity contribution in [2.45, 2.75) is 89.9 Å². The van der Waals surface area contributed by atoms with Crippen molar-refractivity contribution in [2.75, 3.05) is 13.2 Å². The molecule has 0 radical (unpaired) electrons. The number of ether oxygens (including phenoxy) is 2. The summed E-state index contributed by atoms with van der Waals surface area (Å²) in [4.78, 5) is 29.5. The van der Waals surface area contributed by atoms with E-state index < -0.39 is 14.2 Å². The van der Waals surface area contributed by atoms with Crippen molar-refractivity contribution in [3.05, 3.63) is 47.5 Å². The highest BCUT2D eigenvalue weighted by molar-refractivity contribution is 6.76. The van der Waals surface area contributed by atoms with Gasteiger partial charge in [0.25, 0.3) is 5.91 Å². The normalized spacial score (nSPS) is 18.9. The first-order valence-electron chi connectivity index (χ1n) is 15.3. The number of aromatic nitrogens is 2. The monoisotopic (exact) mass is 610 g/mol. The first kappa shape index (κ1) is 31.0. The van der Waals surface area contributed by atoms with Crippen molar-refractivity contribution >= 4 is 31.1 Å². The Labute approximate surface area is 253 Å². The smallest absolute Gasteiger partial charge is 0.404 e. The summed E-state index contributed by atoms with van der Waals surface area (Å²) in [7, 11) is -1.31. The van der Waals surface area contributed by atoms with E-state index in [2.05, 4.69) is 35.3 Å². The molecule has 5 rings (SSSR count). The number of amides is 2. The molecule has 0 atom stereocenters. The molecule has 0 aliphatic heterocycles. The van der Waals surface area contributed by atoms with Gasteiger partial charge in [-0.1, -0.05) is 19.6 Å². The maximum absolute atomic E-state index is 14.7. The minimum atomic E-state index is -1.31. The number of carboxylic acid groups (broad SMARTS) is 1. The van der Waals surface area contributed by atoms with Gasteiger partial charge in [-0.25, -0.2) is 9.18 Å². The lowest BCUT2D eigenvalue weighted by Gasteiger charge is -2.28. The molecule has 2 aromatic heterocycles. The Hall–Kier alpha value is -3.44. The second kappa shape index (κ2) is 13.0. The number of fused-ring (bicyclic) bond motifs is 1. The Morgan fingerprint density at radius 1 is 1.05 bits per heavy atom. The summed E-state index contributed by atoms with van der Waals surface area (Å²) >= 11 is 0. The number of nitrogens with zero attached hydrogens (tertiary/aromatic N) is 2. The summed E-state index contributed by atoms with van der Waals surface area (Å²) in [6.45, 7) is 10.2. The Bertz CT molecular complexity index is 1470. The largest absolute Gasteiger partial charge is 0.493 e. The molecular weight excluding hydrogens is 567 g/mol. The van der Waals surface area contributed by atoms with Crippen LogP contribution in [0.1, 0.15) is 54.6 Å². The van der Waals surface area contributed by atoms with E-state index in [-0.39, 0.29) is 30.5 Å². The number of carbonyl (C=O) groups is 2. The van der Waals surface area contributed by atoms with Gasteiger partial charge in [-0.15, -0.1) is 0 Å². The molecule has 2 amide bonds. The van der Waals surface area contributed by atoms with Crippen molar-refractivity contribution in [1.29, 1.82) is 0 Å². The second-order valence-corrected chi connectivity index (χ2v) is 18.8. The number of carbonyl (C=O) groups excluding carboxylic acids is 1. The van der Waals surface area contributed by atoms with Crippen LogP contribution >= 0.6 is 0 Å². The summed E-state index contributed by atoms with van der Waals surface area (Å²) < 4.78 is 29.0. The minimum absolute atomic E-state index is 0.0704. The second-order valence-electron chi connectivity index (χ2n) is 13.2. The van der Waals surface area contributed by atoms with E-state index in [0.29, 0.717) is 72.7 Å². The lowest BCUT2D eigenvalue weighted by atomic mass is 9.91. The van der Waals surface area contributed by atoms with Crippen LogP contribution in [0.2, 0.25) is 25.7 Å². The molecule has 0 bridgehead atoms. The molecule has 1 aromatic carbocycles. The van der Waals surface area contributed by atoms with Gasteiger partial charge in [-0.05, 0) is 81.7 Å². The highest BCUT2D eigenvalue weighted by Crippen LogP contribution is 2.39. The molecule has 2 aliphatic rings. The zero-order valence-corrected chi connectivity index (χ0v) is 26.5. The zero-order valence-electron chi connectivity index (χ0n) is 25.5. The lowest BCUT2D eigenvalue weighted by Crippen LogP contribution is -2.43. The summed E-state index contributed by atoms with van der Waals surface area (Å²) in [5.74, 6) is 0.535. The summed E-state index contributed by atoms with van der Waals surface area (Å²) in [5.41, 5.74) is 3.76. The molecule has 9 nitrogen and oxygen atoms in total. The highest BCUT2D eigenvalue weighted by atomic mass is 28.3. The highest BCUT2D eigenvalue weighted by Gasteiger charge is 2.29. The molecule has 2 saturated carbocycles. The molecular formula is C32H43FN4O5Si. The number of halogens is 1. The van der Waals surface area contributed by atoms with E-state index in [4.69, 9.17) is 14.6 Å². The summed E-state index contributed by atoms with van der Waals surface area (Å²) in [5, 5.41) is 14.8. The van der Waals surface area contributed by atoms with Crippen molar-refractivity contribution < 1.29 is 28.6 Å². The SMILES string of the molecule is Cc1c(C(=O)NC2CCC(NC(=O)O)CC2)c2nccc(-c3cc(F)ccc3OCC3CC3)c2n1COCC[Si](C)(C)C. The average molecular weight is 611 g/mol. The third-order valence-electron chi connectivity index (χ3n) is 8.43. The first-order valence-corrected chi connectivity index (χ1v) is 19.0. The molecule has 0 saturated heterocycles. The van der Waals surface area contributed by atoms with E-state index >= 15 is 0 Å². The molecule has 0 unspecified atom stereocenters. The molecule has 0 spiro atoms. The molecule has 11 heteroatoms. The predicted molar refractivity (Wildman–Crippen MR) is 167 cm³/mol. The number of hydrogen-bond acceptors (Lipinski definition) is 5. The van der Waals surface area contributed by atoms with E-state index in [1.165, 1.54) is 12.1 Å². The van der Waals surface area contributed by atoms with Crippen molar-refractivity contribution in [3.8, 4) is 16.9 Å². The van der Waals surface area contributed by atoms with Crippen LogP contribution in [-0.2, 0) is 11.5 Å². The van der Waals surface area contributed by atoms with Crippen LogP contribution in [0.4, 0.5) is 9.18 Å². The quantitative estimate of drug-likeness (QED) is 0.158. The lowest BCUT2D eigenvalue weighted by molar-refractivity contribution is 0.0878. The van der Waals surface area contributed by atoms with Crippen molar-refractivity contribution in [3.63, 3.8) is 0 Å². The number of hydrogen-bond donors (Lipinski definition) is 3. The minimum Gasteiger partial charge on any atom is -0.493 e. The Morgan fingerprint density at radius 2 is 1.74 bits per heavy atom. The van der Waals surface area contributed by atoms with Gasteiger partial charge in [0.15, 0.2) is 0 Å². The molecule has 232 valence electrons. The number of nitrogens with one attached hydrogen (secondary N) is 2. The molecule has 43 heavy (non-hydrogen) atoms. The van der Waals surface area contributed by atoms with Crippen LogP contribution in [0, 0.1) is 18.7 Å². The van der Waals surface area contributed by atoms with Gasteiger partial charge in [0.1, 0.15) is 23.8 Å². The third-order valence-corrected chi connectivity index (χ3v) is 10.1. The fraction of sp³-hybridized carbons (Fsp3) is 0.531. The Morgan fingerprint density at radius 3 is 2.40 bits per heavy atom. The maximum Gasteiger partial charge on any atom is 0.404 e. The fourth-order valence-electron chi connectivity index (χ4n) is 5.71. The van der Waals surface area contributed by atoms with Gasteiger partial charge in [0, 0.05) is 49.8 Å². The molecule has 2 fully saturated rings. The van der Waals surface area contributed by atoms with Crippen LogP contribution < -0.4 is 15.4 Å². The zero-order chi connectivity index (χ0) is 30.7. The van der Waals surface area contributed by atoms with Crippen LogP contribution in [0.5, 0.6) is 5.75 Å². The van der Waals surface area contributed by atoms with Crippen LogP contribution in [-0.4, -0.2) is 60.0 Å². The van der Waals surface area contributed by atoms with Gasteiger partial charge in [0.2, 0.25) is 0 Å². The topological polar surface area (TPSA) is 115 Å². The number of rotatable bonds is 12. The number of pyridine rings is 1. The third kappa shape index (κ3) is 7.75. The van der Waals surface area contributed by atoms with Gasteiger partial charge in [-0.3, -0.25) is 9.78 Å². The Kier molecular flexibility index (Phi) is 9.41. The van der Waals surface area contributed by atoms with Crippen molar-refractivity contribution in [1.82, 2.24) is 20.2 Å². The first-order chi connectivity index (χ1) is 20.5. The number of benzene rings is 1. The summed E-state index contributed by atoms with van der Waals surface area (Å²) in [6.07, 6.45) is 5.59. The van der Waals surface area contributed by atoms with Gasteiger partial charge >= 0.3 is 6.09 Å². The van der Waals surface area contributed by atoms with Crippen molar-refractivity contribution in [2.24, 2.45) is 5.92 Å². The Balaban J connectivity index is 1.49. The fourth-order valence-corrected chi connectivity index (χ4v) is 6.47. The van der Waals surface area contributed by atoms with E-state index in [1.807, 2.05) is 17.6 Å². The molecule has 3 N–H and O–H groups in total. The van der Waals surface area contributed by atoms with E-state index in [0.717, 1.165) is 30.1 Å². The van der Waals surface area contributed by atoms with Crippen LogP contribution in [0.15, 0.2) is 30.5 Å². The molecule has 2 heterocycles. The molecule has 3 aromatic rings. The molecule has 2 aliphatic carbocycles. The van der Waals surface area contributed by atoms with E-state index in [9.17, 15) is 14.0 Å². The van der Waals surface area contributed by atoms with Gasteiger partial charge < -0.3 is 29.8 Å². The maximum atomic E-state index is 14.7. The summed E-state index contributed by atoms with van der Waals surface area (Å²) in [6, 6.07) is 7.25. The predicted octanol–water partition coefficient (Wildman–Crippen LogP) is 6.56. The van der Waals surface area contributed by atoms with Gasteiger partial charge in [0.05, 0.1) is 17.7 Å². The van der Waals surface area contributed by atoms with Gasteiger partial charge in [-0.2, -0.15) is 0 Å². The average Bonchev–Trinajstić information content (AvgIpc) is 3.73. The van der Waals surface area contributed by atoms with Crippen LogP contribution in [0.3, 0.4) is 0 Å².